The van der Waals surface area contributed by atoms with Gasteiger partial charge in [0.15, 0.2) is 6.29 Å². The van der Waals surface area contributed by atoms with Crippen molar-refractivity contribution in [1.29, 1.82) is 0 Å². The molecule has 40 heavy (non-hydrogen) atoms. The first kappa shape index (κ1) is 33.0. The number of ether oxygens (including phenoxy) is 4. The van der Waals surface area contributed by atoms with Crippen LogP contribution in [0, 0.1) is 0 Å². The van der Waals surface area contributed by atoms with Crippen LogP contribution in [0.1, 0.15) is 19.8 Å². The van der Waals surface area contributed by atoms with Crippen LogP contribution in [0.5, 0.6) is 0 Å². The minimum absolute atomic E-state index is 0.0688. The van der Waals surface area contributed by atoms with Crippen LogP contribution in [0.25, 0.3) is 0 Å². The van der Waals surface area contributed by atoms with Crippen LogP contribution < -0.4 is 27.4 Å². The molecule has 16 nitrogen and oxygen atoms in total. The molecule has 1 unspecified atom stereocenters. The van der Waals surface area contributed by atoms with Crippen LogP contribution in [-0.2, 0) is 23.7 Å². The van der Waals surface area contributed by atoms with Crippen molar-refractivity contribution in [2.45, 2.75) is 92.6 Å². The number of nitrogens with one attached hydrogen (secondary N) is 3. The number of aliphatic hydroxyl groups is 6. The van der Waals surface area contributed by atoms with Crippen LogP contribution in [0.2, 0.25) is 0 Å². The zero-order valence-electron chi connectivity index (χ0n) is 22.8. The van der Waals surface area contributed by atoms with Gasteiger partial charge in [0.2, 0.25) is 12.2 Å². The van der Waals surface area contributed by atoms with Gasteiger partial charge < -0.3 is 77.0 Å². The van der Waals surface area contributed by atoms with Gasteiger partial charge in [-0.2, -0.15) is 0 Å². The number of amides is 1. The molecule has 1 amide bonds. The fourth-order valence-corrected chi connectivity index (χ4v) is 5.20. The highest BCUT2D eigenvalue weighted by atomic mass is 16.7. The summed E-state index contributed by atoms with van der Waals surface area (Å²) in [6, 6.07) is -3.11. The Bertz CT molecular complexity index is 852. The maximum absolute atomic E-state index is 12.0. The van der Waals surface area contributed by atoms with Crippen molar-refractivity contribution in [3.8, 4) is 0 Å². The molecule has 232 valence electrons. The predicted octanol–water partition coefficient (Wildman–Crippen LogP) is -5.72. The molecule has 1 aliphatic carbocycles. The number of carbonyl (C=O) groups is 1. The topological polar surface area (TPSA) is 264 Å². The molecule has 12 atom stereocenters. The van der Waals surface area contributed by atoms with E-state index in [1.807, 2.05) is 0 Å². The first-order valence-corrected chi connectivity index (χ1v) is 13.4. The van der Waals surface area contributed by atoms with Crippen molar-refractivity contribution in [1.82, 2.24) is 16.0 Å². The molecular formula is C24H45N5O11. The summed E-state index contributed by atoms with van der Waals surface area (Å²) in [6.07, 6.45) is -6.06. The minimum atomic E-state index is -1.46. The maximum atomic E-state index is 12.0. The Kier molecular flexibility index (Phi) is 12.0. The molecule has 2 heterocycles. The van der Waals surface area contributed by atoms with Gasteiger partial charge in [-0.1, -0.05) is 0 Å². The highest BCUT2D eigenvalue weighted by Crippen LogP contribution is 2.32. The smallest absolute Gasteiger partial charge is 0.246 e. The van der Waals surface area contributed by atoms with E-state index in [2.05, 4.69) is 16.0 Å². The Morgan fingerprint density at radius 2 is 1.88 bits per heavy atom. The van der Waals surface area contributed by atoms with E-state index in [4.69, 9.17) is 35.5 Å². The second kappa shape index (κ2) is 14.6. The first-order chi connectivity index (χ1) is 18.9. The third kappa shape index (κ3) is 8.07. The van der Waals surface area contributed by atoms with E-state index in [1.54, 1.807) is 13.1 Å². The van der Waals surface area contributed by atoms with Crippen molar-refractivity contribution >= 4 is 5.91 Å². The monoisotopic (exact) mass is 579 g/mol. The molecule has 0 bridgehead atoms. The summed E-state index contributed by atoms with van der Waals surface area (Å²) in [5.41, 5.74) is 11.2. The summed E-state index contributed by atoms with van der Waals surface area (Å²) in [7, 11) is 1.56. The number of hydrogen-bond donors (Lipinski definition) is 11. The number of aliphatic hydroxyl groups excluding tert-OH is 5. The summed E-state index contributed by atoms with van der Waals surface area (Å²) in [6.45, 7) is 0.500. The number of carbonyl (C=O) groups excluding carboxylic acids is 1. The Balaban J connectivity index is 1.73. The van der Waals surface area contributed by atoms with Gasteiger partial charge in [-0.3, -0.25) is 4.79 Å². The molecule has 0 radical (unpaired) electrons. The highest BCUT2D eigenvalue weighted by molar-refractivity contribution is 5.77. The average molecular weight is 580 g/mol. The van der Waals surface area contributed by atoms with E-state index in [0.717, 1.165) is 0 Å². The van der Waals surface area contributed by atoms with Gasteiger partial charge in [-0.15, -0.1) is 0 Å². The van der Waals surface area contributed by atoms with Gasteiger partial charge in [0.25, 0.3) is 0 Å². The van der Waals surface area contributed by atoms with Crippen LogP contribution in [0.4, 0.5) is 0 Å². The maximum Gasteiger partial charge on any atom is 0.246 e. The highest BCUT2D eigenvalue weighted by Gasteiger charge is 2.51. The van der Waals surface area contributed by atoms with Gasteiger partial charge in [0, 0.05) is 12.6 Å². The number of likely N-dealkylation sites (N-methyl/N-ethyl adjacent to an activating group) is 1. The van der Waals surface area contributed by atoms with Crippen LogP contribution in [0.3, 0.4) is 0 Å². The number of rotatable bonds is 12. The fraction of sp³-hybridized carbons (Fsp3) is 0.875. The fourth-order valence-electron chi connectivity index (χ4n) is 5.20. The Morgan fingerprint density at radius 1 is 1.18 bits per heavy atom. The molecule has 0 aromatic heterocycles. The van der Waals surface area contributed by atoms with E-state index < -0.39 is 85.4 Å². The predicted molar refractivity (Wildman–Crippen MR) is 138 cm³/mol. The van der Waals surface area contributed by atoms with Gasteiger partial charge in [0.1, 0.15) is 42.4 Å². The van der Waals surface area contributed by atoms with Gasteiger partial charge in [0.05, 0.1) is 44.0 Å². The summed E-state index contributed by atoms with van der Waals surface area (Å²) in [5, 5.41) is 68.9. The lowest BCUT2D eigenvalue weighted by molar-refractivity contribution is -0.304. The second-order valence-electron chi connectivity index (χ2n) is 10.7. The molecule has 2 aliphatic heterocycles. The third-order valence-electron chi connectivity index (χ3n) is 7.36. The standard InChI is InChI=1S/C24H45N5O11/c1-24(36)10-37-23(18(35)21(24)27-2)40-20-15(29-16(33)9-31)5-14(26)19(17(20)34)39-22-13(25)4-3-12(38-22)7-28-6-11(32)8-30/h3,11,13-15,17-23,27-28,30-32,34-36H,4-10,25-26H2,1-2H3,(H,29,33)/t11?,13-,14+,15-,17+,18-,19-,20+,21-,22-,23-,24+/m1/s1. The van der Waals surface area contributed by atoms with Crippen molar-refractivity contribution < 1.29 is 54.4 Å². The molecule has 1 saturated heterocycles. The Morgan fingerprint density at radius 3 is 2.52 bits per heavy atom. The summed E-state index contributed by atoms with van der Waals surface area (Å²) in [4.78, 5) is 12.0. The lowest BCUT2D eigenvalue weighted by atomic mass is 9.83. The zero-order valence-corrected chi connectivity index (χ0v) is 22.8. The molecule has 0 spiro atoms. The summed E-state index contributed by atoms with van der Waals surface area (Å²) >= 11 is 0. The molecule has 0 aromatic carbocycles. The number of nitrogens with two attached hydrogens (primary N) is 2. The van der Waals surface area contributed by atoms with E-state index >= 15 is 0 Å². The van der Waals surface area contributed by atoms with Gasteiger partial charge in [-0.05, 0) is 32.9 Å². The van der Waals surface area contributed by atoms with Crippen molar-refractivity contribution in [2.75, 3.05) is 40.0 Å². The quantitative estimate of drug-likeness (QED) is 0.103. The zero-order chi connectivity index (χ0) is 29.6. The minimum Gasteiger partial charge on any atom is -0.467 e. The SMILES string of the molecule is CN[C@@H]1[C@@H](O)[C@@H](O[C@@H]2[C@@H](O)[C@H](O[C@H]3OC(CNCC(O)CO)=CC[C@H]3N)[C@@H](N)C[C@H]2NC(=O)CO)OC[C@]1(C)O. The Labute approximate surface area is 232 Å². The van der Waals surface area contributed by atoms with Crippen molar-refractivity contribution in [3.63, 3.8) is 0 Å². The van der Waals surface area contributed by atoms with Crippen molar-refractivity contribution in [3.05, 3.63) is 11.8 Å². The van der Waals surface area contributed by atoms with Crippen LogP contribution in [0.15, 0.2) is 11.8 Å². The van der Waals surface area contributed by atoms with Crippen molar-refractivity contribution in [2.24, 2.45) is 11.5 Å². The normalized spacial score (nSPS) is 41.1. The lowest BCUT2D eigenvalue weighted by Gasteiger charge is -2.48. The lowest BCUT2D eigenvalue weighted by Crippen LogP contribution is -2.69. The molecule has 16 heteroatoms. The van der Waals surface area contributed by atoms with E-state index in [0.29, 0.717) is 12.2 Å². The first-order valence-electron chi connectivity index (χ1n) is 13.4. The third-order valence-corrected chi connectivity index (χ3v) is 7.36. The van der Waals surface area contributed by atoms with Crippen LogP contribution in [-0.4, -0.2) is 149 Å². The molecular weight excluding hydrogens is 534 g/mol. The summed E-state index contributed by atoms with van der Waals surface area (Å²) < 4.78 is 23.5. The molecule has 2 fully saturated rings. The average Bonchev–Trinajstić information content (AvgIpc) is 2.91. The van der Waals surface area contributed by atoms with Gasteiger partial charge in [-0.25, -0.2) is 0 Å². The molecule has 3 aliphatic rings. The molecule has 13 N–H and O–H groups in total. The van der Waals surface area contributed by atoms with E-state index in [-0.39, 0.29) is 32.7 Å². The second-order valence-corrected chi connectivity index (χ2v) is 10.7. The number of hydrogen-bond acceptors (Lipinski definition) is 15. The molecule has 3 rings (SSSR count). The molecule has 1 saturated carbocycles. The Hall–Kier alpha value is -1.51. The molecule has 0 aromatic rings. The van der Waals surface area contributed by atoms with E-state index in [1.165, 1.54) is 6.92 Å². The van der Waals surface area contributed by atoms with Gasteiger partial charge >= 0.3 is 0 Å². The largest absolute Gasteiger partial charge is 0.467 e. The van der Waals surface area contributed by atoms with Crippen LogP contribution >= 0.6 is 0 Å². The summed E-state index contributed by atoms with van der Waals surface area (Å²) in [5.74, 6) is -0.231. The van der Waals surface area contributed by atoms with E-state index in [9.17, 15) is 30.3 Å².